The Kier molecular flexibility index (Phi) is 8.46. The summed E-state index contributed by atoms with van der Waals surface area (Å²) < 4.78 is 20.4. The molecule has 38 heavy (non-hydrogen) atoms. The van der Waals surface area contributed by atoms with Gasteiger partial charge in [0.2, 0.25) is 5.91 Å². The van der Waals surface area contributed by atoms with E-state index in [0.29, 0.717) is 27.9 Å². The molecule has 0 spiro atoms. The number of hydrogen-bond donors (Lipinski definition) is 3. The number of nitrogens with one attached hydrogen (secondary N) is 3. The van der Waals surface area contributed by atoms with E-state index in [0.717, 1.165) is 11.8 Å². The monoisotopic (exact) mass is 528 g/mol. The van der Waals surface area contributed by atoms with Crippen molar-refractivity contribution in [3.05, 3.63) is 112 Å². The molecule has 0 unspecified atom stereocenters. The van der Waals surface area contributed by atoms with Crippen LogP contribution in [0.1, 0.15) is 18.4 Å². The van der Waals surface area contributed by atoms with Crippen LogP contribution in [0.15, 0.2) is 101 Å². The molecule has 192 valence electrons. The van der Waals surface area contributed by atoms with Crippen LogP contribution in [0.4, 0.5) is 15.8 Å². The standard InChI is InChI=1S/C29H25FN4O3S/c1-18-26(28(36)34-23-14-8-9-15-24(23)37-2)27(20-12-6-7-13-22(20)30)21(16-31)29(32-18)38-17-25(35)33-19-10-4-3-5-11-19/h3-15,27,32H,17H2,1-2H3,(H,33,35)(H,34,36)/t27-/m0/s1. The Morgan fingerprint density at radius 1 is 1.03 bits per heavy atom. The molecule has 0 radical (unpaired) electrons. The molecule has 1 heterocycles. The number of carbonyl (C=O) groups excluding carboxylic acids is 2. The molecule has 0 bridgehead atoms. The zero-order valence-electron chi connectivity index (χ0n) is 20.7. The van der Waals surface area contributed by atoms with Gasteiger partial charge in [0, 0.05) is 22.5 Å². The van der Waals surface area contributed by atoms with Crippen LogP contribution in [0.5, 0.6) is 5.75 Å². The van der Waals surface area contributed by atoms with Crippen LogP contribution in [0.3, 0.4) is 0 Å². The fourth-order valence-corrected chi connectivity index (χ4v) is 5.03. The fraction of sp³-hybridized carbons (Fsp3) is 0.138. The molecule has 3 N–H and O–H groups in total. The third kappa shape index (κ3) is 5.88. The number of anilines is 2. The van der Waals surface area contributed by atoms with E-state index >= 15 is 4.39 Å². The quantitative estimate of drug-likeness (QED) is 0.355. The Morgan fingerprint density at radius 2 is 1.71 bits per heavy atom. The summed E-state index contributed by atoms with van der Waals surface area (Å²) in [6.07, 6.45) is 0. The summed E-state index contributed by atoms with van der Waals surface area (Å²) in [6.45, 7) is 1.68. The van der Waals surface area contributed by atoms with Gasteiger partial charge >= 0.3 is 0 Å². The SMILES string of the molecule is COc1ccccc1NC(=O)C1=C(C)NC(SCC(=O)Nc2ccccc2)=C(C#N)[C@@H]1c1ccccc1F. The number of thioether (sulfide) groups is 1. The van der Waals surface area contributed by atoms with Gasteiger partial charge in [-0.05, 0) is 37.3 Å². The minimum Gasteiger partial charge on any atom is -0.495 e. The molecular formula is C29H25FN4O3S. The average molecular weight is 529 g/mol. The van der Waals surface area contributed by atoms with Gasteiger partial charge in [0.05, 0.1) is 41.1 Å². The molecule has 4 rings (SSSR count). The van der Waals surface area contributed by atoms with Crippen LogP contribution in [-0.2, 0) is 9.59 Å². The molecular weight excluding hydrogens is 503 g/mol. The smallest absolute Gasteiger partial charge is 0.254 e. The Balaban J connectivity index is 1.67. The average Bonchev–Trinajstić information content (AvgIpc) is 2.92. The predicted octanol–water partition coefficient (Wildman–Crippen LogP) is 5.54. The van der Waals surface area contributed by atoms with Gasteiger partial charge in [-0.25, -0.2) is 4.39 Å². The highest BCUT2D eigenvalue weighted by Gasteiger charge is 2.36. The number of amides is 2. The molecule has 1 atom stereocenters. The van der Waals surface area contributed by atoms with Crippen molar-refractivity contribution in [2.24, 2.45) is 0 Å². The predicted molar refractivity (Wildman–Crippen MR) is 147 cm³/mol. The fourth-order valence-electron chi connectivity index (χ4n) is 4.14. The van der Waals surface area contributed by atoms with Crippen molar-refractivity contribution >= 4 is 35.0 Å². The first kappa shape index (κ1) is 26.5. The largest absolute Gasteiger partial charge is 0.495 e. The Bertz CT molecular complexity index is 1460. The lowest BCUT2D eigenvalue weighted by Crippen LogP contribution is -2.31. The number of nitrogens with zero attached hydrogens (tertiary/aromatic N) is 1. The number of nitriles is 1. The van der Waals surface area contributed by atoms with Gasteiger partial charge < -0.3 is 20.7 Å². The van der Waals surface area contributed by atoms with E-state index in [1.807, 2.05) is 18.2 Å². The number of dihydropyridines is 1. The van der Waals surface area contributed by atoms with E-state index < -0.39 is 17.6 Å². The third-order valence-electron chi connectivity index (χ3n) is 5.87. The molecule has 3 aromatic rings. The van der Waals surface area contributed by atoms with Crippen LogP contribution in [0.25, 0.3) is 0 Å². The summed E-state index contributed by atoms with van der Waals surface area (Å²) in [6, 6.07) is 24.1. The molecule has 0 saturated carbocycles. The summed E-state index contributed by atoms with van der Waals surface area (Å²) in [5.74, 6) is -1.85. The van der Waals surface area contributed by atoms with Crippen molar-refractivity contribution in [3.63, 3.8) is 0 Å². The lowest BCUT2D eigenvalue weighted by Gasteiger charge is -2.30. The second-order valence-corrected chi connectivity index (χ2v) is 9.32. The summed E-state index contributed by atoms with van der Waals surface area (Å²) in [5.41, 5.74) is 2.05. The second kappa shape index (κ2) is 12.1. The molecule has 2 amide bonds. The van der Waals surface area contributed by atoms with Crippen molar-refractivity contribution in [2.75, 3.05) is 23.5 Å². The Hall–Kier alpha value is -4.55. The number of allylic oxidation sites excluding steroid dienone is 2. The van der Waals surface area contributed by atoms with E-state index in [1.54, 1.807) is 61.5 Å². The number of ether oxygens (including phenoxy) is 1. The van der Waals surface area contributed by atoms with E-state index in [2.05, 4.69) is 22.0 Å². The first-order chi connectivity index (χ1) is 18.4. The Labute approximate surface area is 224 Å². The van der Waals surface area contributed by atoms with Gasteiger partial charge in [-0.15, -0.1) is 0 Å². The topological polar surface area (TPSA) is 103 Å². The zero-order valence-corrected chi connectivity index (χ0v) is 21.6. The minimum absolute atomic E-state index is 0.00240. The summed E-state index contributed by atoms with van der Waals surface area (Å²) in [7, 11) is 1.49. The van der Waals surface area contributed by atoms with E-state index in [1.165, 1.54) is 13.2 Å². The van der Waals surface area contributed by atoms with Crippen LogP contribution in [0, 0.1) is 17.1 Å². The van der Waals surface area contributed by atoms with Crippen LogP contribution in [0.2, 0.25) is 0 Å². The summed E-state index contributed by atoms with van der Waals surface area (Å²) in [5, 5.41) is 19.3. The van der Waals surface area contributed by atoms with Gasteiger partial charge in [-0.2, -0.15) is 5.26 Å². The van der Waals surface area contributed by atoms with E-state index in [9.17, 15) is 14.9 Å². The number of benzene rings is 3. The Morgan fingerprint density at radius 3 is 2.42 bits per heavy atom. The maximum atomic E-state index is 15.1. The van der Waals surface area contributed by atoms with Crippen molar-refractivity contribution < 1.29 is 18.7 Å². The van der Waals surface area contributed by atoms with Crippen LogP contribution >= 0.6 is 11.8 Å². The number of hydrogen-bond acceptors (Lipinski definition) is 6. The molecule has 0 aliphatic carbocycles. The molecule has 0 saturated heterocycles. The van der Waals surface area contributed by atoms with Crippen molar-refractivity contribution in [2.45, 2.75) is 12.8 Å². The van der Waals surface area contributed by atoms with Gasteiger partial charge in [0.25, 0.3) is 5.91 Å². The summed E-state index contributed by atoms with van der Waals surface area (Å²) in [4.78, 5) is 26.1. The second-order valence-electron chi connectivity index (χ2n) is 8.33. The van der Waals surface area contributed by atoms with Crippen molar-refractivity contribution in [3.8, 4) is 11.8 Å². The van der Waals surface area contributed by atoms with Crippen LogP contribution < -0.4 is 20.7 Å². The first-order valence-electron chi connectivity index (χ1n) is 11.7. The lowest BCUT2D eigenvalue weighted by molar-refractivity contribution is -0.114. The first-order valence-corrected chi connectivity index (χ1v) is 12.7. The zero-order chi connectivity index (χ0) is 27.1. The minimum atomic E-state index is -0.989. The molecule has 9 heteroatoms. The van der Waals surface area contributed by atoms with Gasteiger partial charge in [0.15, 0.2) is 0 Å². The third-order valence-corrected chi connectivity index (χ3v) is 6.89. The number of para-hydroxylation sites is 3. The maximum absolute atomic E-state index is 15.1. The normalized spacial score (nSPS) is 14.8. The number of rotatable bonds is 8. The van der Waals surface area contributed by atoms with Crippen molar-refractivity contribution in [1.82, 2.24) is 5.32 Å². The molecule has 7 nitrogen and oxygen atoms in total. The van der Waals surface area contributed by atoms with Crippen molar-refractivity contribution in [1.29, 1.82) is 5.26 Å². The van der Waals surface area contributed by atoms with Gasteiger partial charge in [-0.1, -0.05) is 60.3 Å². The molecule has 3 aromatic carbocycles. The molecule has 1 aliphatic rings. The summed E-state index contributed by atoms with van der Waals surface area (Å²) >= 11 is 1.11. The highest BCUT2D eigenvalue weighted by atomic mass is 32.2. The highest BCUT2D eigenvalue weighted by Crippen LogP contribution is 2.42. The van der Waals surface area contributed by atoms with Crippen LogP contribution in [-0.4, -0.2) is 24.7 Å². The number of carbonyl (C=O) groups is 2. The van der Waals surface area contributed by atoms with Gasteiger partial charge in [-0.3, -0.25) is 9.59 Å². The lowest BCUT2D eigenvalue weighted by atomic mass is 9.82. The maximum Gasteiger partial charge on any atom is 0.254 e. The van der Waals surface area contributed by atoms with E-state index in [-0.39, 0.29) is 28.4 Å². The van der Waals surface area contributed by atoms with E-state index in [4.69, 9.17) is 4.74 Å². The molecule has 0 aromatic heterocycles. The number of methoxy groups -OCH3 is 1. The number of halogens is 1. The highest BCUT2D eigenvalue weighted by molar-refractivity contribution is 8.03. The van der Waals surface area contributed by atoms with Gasteiger partial charge in [0.1, 0.15) is 11.6 Å². The molecule has 1 aliphatic heterocycles. The molecule has 0 fully saturated rings.